The first-order valence-corrected chi connectivity index (χ1v) is 4.87. The van der Waals surface area contributed by atoms with E-state index in [0.29, 0.717) is 0 Å². The monoisotopic (exact) mass is 199 g/mol. The average Bonchev–Trinajstić information content (AvgIpc) is 2.24. The fraction of sp³-hybridized carbons (Fsp3) is 0.0769. The molecular weight excluding hydrogens is 186 g/mol. The predicted octanol–water partition coefficient (Wildman–Crippen LogP) is 3.44. The normalized spacial score (nSPS) is 9.93. The lowest BCUT2D eigenvalue weighted by atomic mass is 10.2. The number of anilines is 2. The van der Waals surface area contributed by atoms with Crippen LogP contribution < -0.4 is 5.32 Å². The number of nitrogens with one attached hydrogen (secondary N) is 1. The van der Waals surface area contributed by atoms with Gasteiger partial charge in [0.1, 0.15) is 5.75 Å². The fourth-order valence-corrected chi connectivity index (χ4v) is 1.42. The van der Waals surface area contributed by atoms with Crippen LogP contribution >= 0.6 is 0 Å². The van der Waals surface area contributed by atoms with Crippen LogP contribution in [-0.4, -0.2) is 5.11 Å². The molecule has 0 unspecified atom stereocenters. The minimum atomic E-state index is 0.277. The summed E-state index contributed by atoms with van der Waals surface area (Å²) in [7, 11) is 0. The maximum Gasteiger partial charge on any atom is 0.139 e. The molecule has 0 fully saturated rings. The van der Waals surface area contributed by atoms with Gasteiger partial charge in [-0.2, -0.15) is 0 Å². The fourth-order valence-electron chi connectivity index (χ4n) is 1.42. The molecule has 2 aromatic rings. The van der Waals surface area contributed by atoms with Gasteiger partial charge in [-0.1, -0.05) is 24.3 Å². The third kappa shape index (κ3) is 2.29. The standard InChI is InChI=1S/C13H13NO/c1-10-7-8-12(13(15)9-10)14-11-5-3-2-4-6-11/h2-9,14-15H,1H3. The maximum absolute atomic E-state index is 9.69. The minimum Gasteiger partial charge on any atom is -0.506 e. The summed E-state index contributed by atoms with van der Waals surface area (Å²) >= 11 is 0. The summed E-state index contributed by atoms with van der Waals surface area (Å²) in [5, 5.41) is 12.8. The van der Waals surface area contributed by atoms with Crippen LogP contribution in [0.25, 0.3) is 0 Å². The van der Waals surface area contributed by atoms with Crippen molar-refractivity contribution in [2.75, 3.05) is 5.32 Å². The molecule has 0 atom stereocenters. The quantitative estimate of drug-likeness (QED) is 0.726. The van der Waals surface area contributed by atoms with E-state index in [1.807, 2.05) is 49.4 Å². The van der Waals surface area contributed by atoms with Crippen molar-refractivity contribution in [3.05, 3.63) is 54.1 Å². The molecule has 0 heterocycles. The van der Waals surface area contributed by atoms with Crippen molar-refractivity contribution >= 4 is 11.4 Å². The molecule has 15 heavy (non-hydrogen) atoms. The Morgan fingerprint density at radius 3 is 2.40 bits per heavy atom. The van der Waals surface area contributed by atoms with Crippen LogP contribution in [0, 0.1) is 6.92 Å². The zero-order chi connectivity index (χ0) is 10.7. The molecule has 0 aromatic heterocycles. The van der Waals surface area contributed by atoms with E-state index in [4.69, 9.17) is 0 Å². The molecule has 0 spiro atoms. The minimum absolute atomic E-state index is 0.277. The van der Waals surface area contributed by atoms with Gasteiger partial charge in [-0.15, -0.1) is 0 Å². The first-order valence-electron chi connectivity index (χ1n) is 4.87. The summed E-state index contributed by atoms with van der Waals surface area (Å²) in [6.07, 6.45) is 0. The van der Waals surface area contributed by atoms with Crippen LogP contribution in [-0.2, 0) is 0 Å². The summed E-state index contributed by atoms with van der Waals surface area (Å²) in [4.78, 5) is 0. The number of rotatable bonds is 2. The van der Waals surface area contributed by atoms with Crippen molar-refractivity contribution in [1.82, 2.24) is 0 Å². The number of hydrogen-bond acceptors (Lipinski definition) is 2. The topological polar surface area (TPSA) is 32.3 Å². The summed E-state index contributed by atoms with van der Waals surface area (Å²) in [5.41, 5.74) is 2.74. The van der Waals surface area contributed by atoms with Gasteiger partial charge in [0.15, 0.2) is 0 Å². The molecule has 2 aromatic carbocycles. The molecule has 2 heteroatoms. The highest BCUT2D eigenvalue weighted by Crippen LogP contribution is 2.27. The third-order valence-corrected chi connectivity index (χ3v) is 2.21. The lowest BCUT2D eigenvalue weighted by molar-refractivity contribution is 0.477. The van der Waals surface area contributed by atoms with E-state index < -0.39 is 0 Å². The molecule has 0 radical (unpaired) electrons. The van der Waals surface area contributed by atoms with E-state index in [9.17, 15) is 5.11 Å². The van der Waals surface area contributed by atoms with Gasteiger partial charge in [-0.3, -0.25) is 0 Å². The van der Waals surface area contributed by atoms with E-state index in [1.165, 1.54) is 0 Å². The van der Waals surface area contributed by atoms with Gasteiger partial charge in [0.05, 0.1) is 5.69 Å². The second-order valence-corrected chi connectivity index (χ2v) is 3.51. The van der Waals surface area contributed by atoms with Gasteiger partial charge in [0.25, 0.3) is 0 Å². The SMILES string of the molecule is Cc1ccc(Nc2ccccc2)c(O)c1. The summed E-state index contributed by atoms with van der Waals surface area (Å²) < 4.78 is 0. The van der Waals surface area contributed by atoms with Gasteiger partial charge >= 0.3 is 0 Å². The summed E-state index contributed by atoms with van der Waals surface area (Å²) in [6.45, 7) is 1.95. The van der Waals surface area contributed by atoms with E-state index in [-0.39, 0.29) is 5.75 Å². The zero-order valence-electron chi connectivity index (χ0n) is 8.57. The van der Waals surface area contributed by atoms with Crippen molar-refractivity contribution < 1.29 is 5.11 Å². The third-order valence-electron chi connectivity index (χ3n) is 2.21. The molecule has 2 nitrogen and oxygen atoms in total. The van der Waals surface area contributed by atoms with E-state index in [0.717, 1.165) is 16.9 Å². The summed E-state index contributed by atoms with van der Waals surface area (Å²) in [6, 6.07) is 15.4. The lowest BCUT2D eigenvalue weighted by Gasteiger charge is -2.08. The highest BCUT2D eigenvalue weighted by atomic mass is 16.3. The molecule has 0 bridgehead atoms. The van der Waals surface area contributed by atoms with E-state index in [1.54, 1.807) is 6.07 Å². The van der Waals surface area contributed by atoms with Crippen LogP contribution in [0.4, 0.5) is 11.4 Å². The van der Waals surface area contributed by atoms with Crippen molar-refractivity contribution in [2.45, 2.75) is 6.92 Å². The van der Waals surface area contributed by atoms with Crippen LogP contribution in [0.3, 0.4) is 0 Å². The Hall–Kier alpha value is -1.96. The highest BCUT2D eigenvalue weighted by molar-refractivity contribution is 5.66. The Morgan fingerprint density at radius 2 is 1.73 bits per heavy atom. The number of para-hydroxylation sites is 1. The Balaban J connectivity index is 2.25. The van der Waals surface area contributed by atoms with Crippen molar-refractivity contribution in [3.8, 4) is 5.75 Å². The Bertz CT molecular complexity index is 451. The Labute approximate surface area is 89.2 Å². The lowest BCUT2D eigenvalue weighted by Crippen LogP contribution is -1.90. The van der Waals surface area contributed by atoms with E-state index in [2.05, 4.69) is 5.32 Å². The predicted molar refractivity (Wildman–Crippen MR) is 62.6 cm³/mol. The van der Waals surface area contributed by atoms with Crippen molar-refractivity contribution in [2.24, 2.45) is 0 Å². The smallest absolute Gasteiger partial charge is 0.139 e. The van der Waals surface area contributed by atoms with Crippen LogP contribution in [0.2, 0.25) is 0 Å². The first-order chi connectivity index (χ1) is 7.25. The summed E-state index contributed by atoms with van der Waals surface area (Å²) in [5.74, 6) is 0.277. The Kier molecular flexibility index (Phi) is 2.59. The molecule has 0 aliphatic carbocycles. The average molecular weight is 199 g/mol. The molecule has 0 saturated heterocycles. The second kappa shape index (κ2) is 4.05. The van der Waals surface area contributed by atoms with Crippen molar-refractivity contribution in [1.29, 1.82) is 0 Å². The molecule has 0 aliphatic rings. The molecule has 0 amide bonds. The number of phenolic OH excluding ortho intramolecular Hbond substituents is 1. The number of hydrogen-bond donors (Lipinski definition) is 2. The van der Waals surface area contributed by atoms with Gasteiger partial charge in [0, 0.05) is 5.69 Å². The number of aromatic hydroxyl groups is 1. The van der Waals surface area contributed by atoms with Crippen LogP contribution in [0.15, 0.2) is 48.5 Å². The van der Waals surface area contributed by atoms with Gasteiger partial charge in [-0.05, 0) is 36.8 Å². The second-order valence-electron chi connectivity index (χ2n) is 3.51. The van der Waals surface area contributed by atoms with Gasteiger partial charge in [-0.25, -0.2) is 0 Å². The van der Waals surface area contributed by atoms with Crippen molar-refractivity contribution in [3.63, 3.8) is 0 Å². The molecule has 2 N–H and O–H groups in total. The van der Waals surface area contributed by atoms with Gasteiger partial charge in [0.2, 0.25) is 0 Å². The van der Waals surface area contributed by atoms with E-state index >= 15 is 0 Å². The molecule has 0 saturated carbocycles. The Morgan fingerprint density at radius 1 is 1.00 bits per heavy atom. The zero-order valence-corrected chi connectivity index (χ0v) is 8.57. The highest BCUT2D eigenvalue weighted by Gasteiger charge is 2.00. The largest absolute Gasteiger partial charge is 0.506 e. The van der Waals surface area contributed by atoms with Crippen LogP contribution in [0.1, 0.15) is 5.56 Å². The molecule has 2 rings (SSSR count). The number of phenols is 1. The van der Waals surface area contributed by atoms with Crippen LogP contribution in [0.5, 0.6) is 5.75 Å². The first kappa shape index (κ1) is 9.59. The van der Waals surface area contributed by atoms with Gasteiger partial charge < -0.3 is 10.4 Å². The maximum atomic E-state index is 9.69. The molecule has 0 aliphatic heterocycles. The molecular formula is C13H13NO. The number of aryl methyl sites for hydroxylation is 1. The molecule has 76 valence electrons. The number of benzene rings is 2.